The first-order valence-electron chi connectivity index (χ1n) is 8.46. The van der Waals surface area contributed by atoms with Crippen LogP contribution in [0.4, 0.5) is 5.82 Å². The number of ether oxygens (including phenoxy) is 1. The topological polar surface area (TPSA) is 64.6 Å². The number of rotatable bonds is 5. The standard InChI is InChI=1S/C18H19ClN4O2/c19-13-3-4-14-15(12-13)21-18(16-2-1-9-25-16)22-17(14)20-5-6-23-7-10-24-11-8-23/h1-4,9,12H,5-8,10-11H2,(H,20,21,22)/p+1. The van der Waals surface area contributed by atoms with Crippen LogP contribution in [-0.2, 0) is 4.74 Å². The summed E-state index contributed by atoms with van der Waals surface area (Å²) in [6, 6.07) is 9.35. The number of furan rings is 1. The number of anilines is 1. The summed E-state index contributed by atoms with van der Waals surface area (Å²) >= 11 is 6.13. The molecular weight excluding hydrogens is 340 g/mol. The molecule has 0 amide bonds. The van der Waals surface area contributed by atoms with Crippen molar-refractivity contribution < 1.29 is 14.1 Å². The zero-order chi connectivity index (χ0) is 17.1. The largest absolute Gasteiger partial charge is 0.461 e. The second-order valence-corrected chi connectivity index (χ2v) is 6.51. The fourth-order valence-electron chi connectivity index (χ4n) is 3.02. The lowest BCUT2D eigenvalue weighted by Crippen LogP contribution is -3.14. The number of halogens is 1. The van der Waals surface area contributed by atoms with E-state index in [1.807, 2.05) is 30.3 Å². The molecule has 0 aliphatic carbocycles. The quantitative estimate of drug-likeness (QED) is 0.728. The average molecular weight is 360 g/mol. The minimum Gasteiger partial charge on any atom is -0.461 e. The predicted molar refractivity (Wildman–Crippen MR) is 97.1 cm³/mol. The summed E-state index contributed by atoms with van der Waals surface area (Å²) < 4.78 is 10.9. The Kier molecular flexibility index (Phi) is 4.83. The molecule has 1 saturated heterocycles. The van der Waals surface area contributed by atoms with Crippen LogP contribution in [0, 0.1) is 0 Å². The zero-order valence-electron chi connectivity index (χ0n) is 13.8. The van der Waals surface area contributed by atoms with Crippen molar-refractivity contribution in [3.05, 3.63) is 41.6 Å². The molecule has 0 radical (unpaired) electrons. The van der Waals surface area contributed by atoms with Gasteiger partial charge in [-0.2, -0.15) is 0 Å². The van der Waals surface area contributed by atoms with E-state index in [9.17, 15) is 0 Å². The number of hydrogen-bond acceptors (Lipinski definition) is 5. The number of benzene rings is 1. The summed E-state index contributed by atoms with van der Waals surface area (Å²) in [5.74, 6) is 2.01. The third-order valence-electron chi connectivity index (χ3n) is 4.37. The molecule has 2 aromatic heterocycles. The van der Waals surface area contributed by atoms with Crippen LogP contribution >= 0.6 is 11.6 Å². The van der Waals surface area contributed by atoms with E-state index in [2.05, 4.69) is 15.3 Å². The van der Waals surface area contributed by atoms with Crippen molar-refractivity contribution in [2.24, 2.45) is 0 Å². The van der Waals surface area contributed by atoms with E-state index in [1.165, 1.54) is 0 Å². The fourth-order valence-corrected chi connectivity index (χ4v) is 3.19. The van der Waals surface area contributed by atoms with E-state index < -0.39 is 0 Å². The molecule has 1 aliphatic rings. The Hall–Kier alpha value is -2.15. The van der Waals surface area contributed by atoms with Gasteiger partial charge >= 0.3 is 0 Å². The summed E-state index contributed by atoms with van der Waals surface area (Å²) in [6.07, 6.45) is 1.62. The molecule has 2 N–H and O–H groups in total. The Bertz CT molecular complexity index is 848. The van der Waals surface area contributed by atoms with E-state index in [0.29, 0.717) is 16.6 Å². The Balaban J connectivity index is 1.59. The number of hydrogen-bond donors (Lipinski definition) is 2. The molecule has 4 rings (SSSR count). The third kappa shape index (κ3) is 3.76. The monoisotopic (exact) mass is 359 g/mol. The van der Waals surface area contributed by atoms with Crippen LogP contribution in [0.15, 0.2) is 41.0 Å². The first-order valence-corrected chi connectivity index (χ1v) is 8.84. The molecule has 1 aromatic carbocycles. The van der Waals surface area contributed by atoms with Gasteiger partial charge in [0.15, 0.2) is 11.6 Å². The minimum atomic E-state index is 0.556. The van der Waals surface area contributed by atoms with E-state index in [0.717, 1.165) is 56.1 Å². The van der Waals surface area contributed by atoms with Crippen LogP contribution in [-0.4, -0.2) is 49.4 Å². The van der Waals surface area contributed by atoms with Gasteiger partial charge in [0.05, 0.1) is 38.1 Å². The van der Waals surface area contributed by atoms with Crippen LogP contribution in [0.2, 0.25) is 5.02 Å². The molecular formula is C18H20ClN4O2+. The first kappa shape index (κ1) is 16.3. The SMILES string of the molecule is Clc1ccc2c(NCC[NH+]3CCOCC3)nc(-c3ccco3)nc2c1. The second-order valence-electron chi connectivity index (χ2n) is 6.07. The Morgan fingerprint density at radius 3 is 2.84 bits per heavy atom. The van der Waals surface area contributed by atoms with Crippen LogP contribution in [0.5, 0.6) is 0 Å². The maximum absolute atomic E-state index is 6.13. The zero-order valence-corrected chi connectivity index (χ0v) is 14.6. The molecule has 0 spiro atoms. The van der Waals surface area contributed by atoms with Crippen LogP contribution in [0.3, 0.4) is 0 Å². The van der Waals surface area contributed by atoms with E-state index in [-0.39, 0.29) is 0 Å². The average Bonchev–Trinajstić information content (AvgIpc) is 3.17. The molecule has 0 unspecified atom stereocenters. The summed E-state index contributed by atoms with van der Waals surface area (Å²) in [7, 11) is 0. The van der Waals surface area contributed by atoms with Gasteiger partial charge in [-0.25, -0.2) is 9.97 Å². The Morgan fingerprint density at radius 1 is 1.16 bits per heavy atom. The Morgan fingerprint density at radius 2 is 2.04 bits per heavy atom. The highest BCUT2D eigenvalue weighted by molar-refractivity contribution is 6.31. The highest BCUT2D eigenvalue weighted by Gasteiger charge is 2.15. The maximum Gasteiger partial charge on any atom is 0.198 e. The van der Waals surface area contributed by atoms with E-state index >= 15 is 0 Å². The van der Waals surface area contributed by atoms with Crippen LogP contribution in [0.1, 0.15) is 0 Å². The summed E-state index contributed by atoms with van der Waals surface area (Å²) in [4.78, 5) is 10.8. The smallest absolute Gasteiger partial charge is 0.198 e. The van der Waals surface area contributed by atoms with Gasteiger partial charge in [0.2, 0.25) is 0 Å². The predicted octanol–water partition coefficient (Wildman–Crippen LogP) is 1.87. The van der Waals surface area contributed by atoms with Gasteiger partial charge in [-0.15, -0.1) is 0 Å². The first-order chi connectivity index (χ1) is 12.3. The summed E-state index contributed by atoms with van der Waals surface area (Å²) in [5, 5.41) is 5.07. The van der Waals surface area contributed by atoms with Gasteiger partial charge in [-0.3, -0.25) is 0 Å². The van der Waals surface area contributed by atoms with Gasteiger partial charge < -0.3 is 19.4 Å². The maximum atomic E-state index is 6.13. The molecule has 0 bridgehead atoms. The Labute approximate surface area is 150 Å². The molecule has 1 aliphatic heterocycles. The van der Waals surface area contributed by atoms with Gasteiger partial charge in [0.1, 0.15) is 18.9 Å². The lowest BCUT2D eigenvalue weighted by atomic mass is 10.2. The highest BCUT2D eigenvalue weighted by atomic mass is 35.5. The van der Waals surface area contributed by atoms with Crippen molar-refractivity contribution in [3.8, 4) is 11.6 Å². The molecule has 3 heterocycles. The van der Waals surface area contributed by atoms with E-state index in [4.69, 9.17) is 20.8 Å². The van der Waals surface area contributed by atoms with Crippen LogP contribution in [0.25, 0.3) is 22.5 Å². The minimum absolute atomic E-state index is 0.556. The third-order valence-corrected chi connectivity index (χ3v) is 4.61. The van der Waals surface area contributed by atoms with Crippen molar-refractivity contribution in [2.75, 3.05) is 44.7 Å². The fraction of sp³-hybridized carbons (Fsp3) is 0.333. The molecule has 0 saturated carbocycles. The van der Waals surface area contributed by atoms with Crippen molar-refractivity contribution in [1.82, 2.24) is 9.97 Å². The number of aromatic nitrogens is 2. The molecule has 7 heteroatoms. The van der Waals surface area contributed by atoms with E-state index in [1.54, 1.807) is 11.2 Å². The summed E-state index contributed by atoms with van der Waals surface area (Å²) in [6.45, 7) is 5.65. The van der Waals surface area contributed by atoms with Gasteiger partial charge in [-0.05, 0) is 30.3 Å². The molecule has 0 atom stereocenters. The molecule has 1 fully saturated rings. The number of nitrogens with zero attached hydrogens (tertiary/aromatic N) is 2. The van der Waals surface area contributed by atoms with Gasteiger partial charge in [0.25, 0.3) is 0 Å². The lowest BCUT2D eigenvalue weighted by Gasteiger charge is -2.23. The van der Waals surface area contributed by atoms with Crippen molar-refractivity contribution in [1.29, 1.82) is 0 Å². The van der Waals surface area contributed by atoms with Crippen molar-refractivity contribution in [2.45, 2.75) is 0 Å². The molecule has 25 heavy (non-hydrogen) atoms. The van der Waals surface area contributed by atoms with Crippen molar-refractivity contribution >= 4 is 28.3 Å². The molecule has 3 aromatic rings. The van der Waals surface area contributed by atoms with Gasteiger partial charge in [-0.1, -0.05) is 11.6 Å². The number of fused-ring (bicyclic) bond motifs is 1. The lowest BCUT2D eigenvalue weighted by molar-refractivity contribution is -0.906. The number of nitrogens with one attached hydrogen (secondary N) is 2. The number of morpholine rings is 1. The number of quaternary nitrogens is 1. The summed E-state index contributed by atoms with van der Waals surface area (Å²) in [5.41, 5.74) is 0.801. The van der Waals surface area contributed by atoms with Crippen LogP contribution < -0.4 is 10.2 Å². The highest BCUT2D eigenvalue weighted by Crippen LogP contribution is 2.27. The van der Waals surface area contributed by atoms with Crippen molar-refractivity contribution in [3.63, 3.8) is 0 Å². The molecule has 6 nitrogen and oxygen atoms in total. The normalized spacial score (nSPS) is 15.6. The van der Waals surface area contributed by atoms with Gasteiger partial charge in [0, 0.05) is 10.4 Å². The molecule has 130 valence electrons. The second kappa shape index (κ2) is 7.39.